The Balaban J connectivity index is 3.84. The molecular weight excluding hydrogens is 238 g/mol. The van der Waals surface area contributed by atoms with Crippen molar-refractivity contribution in [2.75, 3.05) is 0 Å². The van der Waals surface area contributed by atoms with Gasteiger partial charge in [0.25, 0.3) is 0 Å². The predicted octanol–water partition coefficient (Wildman–Crippen LogP) is 1.20. The number of benzene rings is 1. The molecule has 1 rings (SSSR count). The third-order valence-corrected chi connectivity index (χ3v) is 2.65. The van der Waals surface area contributed by atoms with E-state index in [2.05, 4.69) is 5.14 Å². The SMILES string of the molecule is Cc1c(F)c(F)c(S(N)(=O)=O)c(F)c1F. The maximum atomic E-state index is 13.0. The highest BCUT2D eigenvalue weighted by atomic mass is 32.2. The van der Waals surface area contributed by atoms with E-state index >= 15 is 0 Å². The highest BCUT2D eigenvalue weighted by molar-refractivity contribution is 7.89. The maximum absolute atomic E-state index is 13.0. The summed E-state index contributed by atoms with van der Waals surface area (Å²) in [5, 5.41) is 4.41. The van der Waals surface area contributed by atoms with E-state index in [4.69, 9.17) is 0 Å². The Kier molecular flexibility index (Phi) is 2.75. The lowest BCUT2D eigenvalue weighted by Crippen LogP contribution is -2.19. The van der Waals surface area contributed by atoms with Crippen LogP contribution in [0.4, 0.5) is 17.6 Å². The fourth-order valence-corrected chi connectivity index (χ4v) is 1.65. The second kappa shape index (κ2) is 3.46. The van der Waals surface area contributed by atoms with Gasteiger partial charge in [-0.2, -0.15) is 0 Å². The number of rotatable bonds is 1. The molecule has 8 heteroatoms. The molecule has 1 aromatic rings. The third kappa shape index (κ3) is 1.82. The van der Waals surface area contributed by atoms with Crippen LogP contribution in [0.3, 0.4) is 0 Å². The normalized spacial score (nSPS) is 11.9. The van der Waals surface area contributed by atoms with Gasteiger partial charge in [-0.05, 0) is 6.92 Å². The summed E-state index contributed by atoms with van der Waals surface area (Å²) < 4.78 is 72.9. The van der Waals surface area contributed by atoms with Crippen molar-refractivity contribution in [1.29, 1.82) is 0 Å². The minimum Gasteiger partial charge on any atom is -0.224 e. The summed E-state index contributed by atoms with van der Waals surface area (Å²) in [6, 6.07) is 0. The van der Waals surface area contributed by atoms with Gasteiger partial charge in [0, 0.05) is 5.56 Å². The van der Waals surface area contributed by atoms with Gasteiger partial charge in [0.2, 0.25) is 10.0 Å². The molecule has 0 aliphatic carbocycles. The fraction of sp³-hybridized carbons (Fsp3) is 0.143. The van der Waals surface area contributed by atoms with Crippen molar-refractivity contribution < 1.29 is 26.0 Å². The molecule has 0 bridgehead atoms. The second-order valence-electron chi connectivity index (χ2n) is 2.76. The Labute approximate surface area is 82.6 Å². The van der Waals surface area contributed by atoms with E-state index in [9.17, 15) is 26.0 Å². The molecule has 15 heavy (non-hydrogen) atoms. The molecule has 0 aliphatic rings. The monoisotopic (exact) mass is 243 g/mol. The van der Waals surface area contributed by atoms with Crippen LogP contribution in [0.15, 0.2) is 4.90 Å². The number of sulfonamides is 1. The summed E-state index contributed by atoms with van der Waals surface area (Å²) in [6.45, 7) is 0.768. The molecule has 0 amide bonds. The summed E-state index contributed by atoms with van der Waals surface area (Å²) in [6.07, 6.45) is 0. The standard InChI is InChI=1S/C7H5F4NO2S/c1-2-3(8)5(10)7(15(12,13)14)6(11)4(2)9/h1H3,(H2,12,13,14). The molecule has 0 aromatic heterocycles. The van der Waals surface area contributed by atoms with Crippen LogP contribution < -0.4 is 5.14 Å². The number of halogens is 4. The number of nitrogens with two attached hydrogens (primary N) is 1. The first-order chi connectivity index (χ1) is 6.68. The second-order valence-corrected chi connectivity index (χ2v) is 4.25. The van der Waals surface area contributed by atoms with Gasteiger partial charge < -0.3 is 0 Å². The van der Waals surface area contributed by atoms with Crippen LogP contribution in [-0.2, 0) is 10.0 Å². The Morgan fingerprint density at radius 2 is 1.27 bits per heavy atom. The van der Waals surface area contributed by atoms with Gasteiger partial charge in [0.1, 0.15) is 0 Å². The topological polar surface area (TPSA) is 60.2 Å². The summed E-state index contributed by atoms with van der Waals surface area (Å²) >= 11 is 0. The van der Waals surface area contributed by atoms with Crippen molar-refractivity contribution in [2.45, 2.75) is 11.8 Å². The van der Waals surface area contributed by atoms with Gasteiger partial charge in [-0.3, -0.25) is 0 Å². The van der Waals surface area contributed by atoms with Crippen LogP contribution in [0.1, 0.15) is 5.56 Å². The smallest absolute Gasteiger partial charge is 0.224 e. The molecule has 0 spiro atoms. The van der Waals surface area contributed by atoms with E-state index in [-0.39, 0.29) is 0 Å². The minimum absolute atomic E-state index is 0.768. The Bertz CT molecular complexity index is 497. The van der Waals surface area contributed by atoms with E-state index in [1.165, 1.54) is 0 Å². The number of primary sulfonamides is 1. The van der Waals surface area contributed by atoms with Crippen LogP contribution in [0, 0.1) is 30.2 Å². The van der Waals surface area contributed by atoms with Gasteiger partial charge >= 0.3 is 0 Å². The zero-order chi connectivity index (χ0) is 12.0. The first-order valence-electron chi connectivity index (χ1n) is 3.53. The van der Waals surface area contributed by atoms with Crippen molar-refractivity contribution >= 4 is 10.0 Å². The Hall–Kier alpha value is -1.15. The molecule has 0 radical (unpaired) electrons. The molecule has 0 saturated heterocycles. The van der Waals surface area contributed by atoms with Crippen LogP contribution in [0.25, 0.3) is 0 Å². The Morgan fingerprint density at radius 3 is 1.53 bits per heavy atom. The van der Waals surface area contributed by atoms with Crippen LogP contribution in [-0.4, -0.2) is 8.42 Å². The molecule has 0 saturated carbocycles. The first-order valence-corrected chi connectivity index (χ1v) is 5.08. The maximum Gasteiger partial charge on any atom is 0.244 e. The first kappa shape index (κ1) is 11.9. The van der Waals surface area contributed by atoms with E-state index in [1.54, 1.807) is 0 Å². The highest BCUT2D eigenvalue weighted by Gasteiger charge is 2.29. The molecule has 0 heterocycles. The van der Waals surface area contributed by atoms with Crippen LogP contribution in [0.2, 0.25) is 0 Å². The van der Waals surface area contributed by atoms with E-state index < -0.39 is 43.8 Å². The van der Waals surface area contributed by atoms with Gasteiger partial charge in [-0.1, -0.05) is 0 Å². The lowest BCUT2D eigenvalue weighted by molar-refractivity contribution is 0.412. The quantitative estimate of drug-likeness (QED) is 0.595. The van der Waals surface area contributed by atoms with Crippen LogP contribution >= 0.6 is 0 Å². The van der Waals surface area contributed by atoms with Gasteiger partial charge in [-0.25, -0.2) is 31.1 Å². The average Bonchev–Trinajstić information content (AvgIpc) is 2.09. The van der Waals surface area contributed by atoms with Crippen molar-refractivity contribution in [1.82, 2.24) is 0 Å². The van der Waals surface area contributed by atoms with E-state index in [1.807, 2.05) is 0 Å². The van der Waals surface area contributed by atoms with Crippen molar-refractivity contribution in [3.63, 3.8) is 0 Å². The molecule has 0 unspecified atom stereocenters. The summed E-state index contributed by atoms with van der Waals surface area (Å²) in [5.41, 5.74) is -0.947. The summed E-state index contributed by atoms with van der Waals surface area (Å²) in [7, 11) is -4.86. The van der Waals surface area contributed by atoms with E-state index in [0.717, 1.165) is 6.92 Å². The molecular formula is C7H5F4NO2S. The molecule has 0 fully saturated rings. The highest BCUT2D eigenvalue weighted by Crippen LogP contribution is 2.25. The van der Waals surface area contributed by atoms with Gasteiger partial charge in [0.15, 0.2) is 28.2 Å². The zero-order valence-corrected chi connectivity index (χ0v) is 8.13. The number of hydrogen-bond acceptors (Lipinski definition) is 2. The van der Waals surface area contributed by atoms with E-state index in [0.29, 0.717) is 0 Å². The molecule has 1 aromatic carbocycles. The molecule has 3 nitrogen and oxygen atoms in total. The van der Waals surface area contributed by atoms with Gasteiger partial charge in [-0.15, -0.1) is 0 Å². The fourth-order valence-electron chi connectivity index (χ4n) is 0.971. The zero-order valence-electron chi connectivity index (χ0n) is 7.31. The minimum atomic E-state index is -4.86. The molecule has 84 valence electrons. The third-order valence-electron chi connectivity index (χ3n) is 1.73. The van der Waals surface area contributed by atoms with Crippen molar-refractivity contribution in [2.24, 2.45) is 5.14 Å². The molecule has 0 aliphatic heterocycles. The van der Waals surface area contributed by atoms with Crippen molar-refractivity contribution in [3.05, 3.63) is 28.8 Å². The lowest BCUT2D eigenvalue weighted by Gasteiger charge is -2.07. The summed E-state index contributed by atoms with van der Waals surface area (Å²) in [5.74, 6) is -7.60. The lowest BCUT2D eigenvalue weighted by atomic mass is 10.2. The number of hydrogen-bond donors (Lipinski definition) is 1. The molecule has 0 atom stereocenters. The predicted molar refractivity (Wildman–Crippen MR) is 42.4 cm³/mol. The average molecular weight is 243 g/mol. The Morgan fingerprint density at radius 1 is 0.933 bits per heavy atom. The largest absolute Gasteiger partial charge is 0.244 e. The molecule has 2 N–H and O–H groups in total. The van der Waals surface area contributed by atoms with Gasteiger partial charge in [0.05, 0.1) is 0 Å². The van der Waals surface area contributed by atoms with Crippen molar-refractivity contribution in [3.8, 4) is 0 Å². The van der Waals surface area contributed by atoms with Crippen LogP contribution in [0.5, 0.6) is 0 Å². The summed E-state index contributed by atoms with van der Waals surface area (Å²) in [4.78, 5) is -1.80.